The molecule has 0 aliphatic heterocycles. The Labute approximate surface area is 144 Å². The highest BCUT2D eigenvalue weighted by atomic mass is 14.9. The van der Waals surface area contributed by atoms with Crippen LogP contribution in [0.5, 0.6) is 0 Å². The fraction of sp³-hybridized carbons (Fsp3) is 0.273. The van der Waals surface area contributed by atoms with Gasteiger partial charge in [0.2, 0.25) is 0 Å². The fourth-order valence-electron chi connectivity index (χ4n) is 2.77. The van der Waals surface area contributed by atoms with Crippen LogP contribution in [0.3, 0.4) is 0 Å². The molecule has 0 aliphatic carbocycles. The van der Waals surface area contributed by atoms with Crippen molar-refractivity contribution in [3.63, 3.8) is 0 Å². The minimum Gasteiger partial charge on any atom is -0.236 e. The second-order valence-corrected chi connectivity index (χ2v) is 6.32. The molecular weight excluding hydrogens is 292 g/mol. The quantitative estimate of drug-likeness (QED) is 0.533. The Morgan fingerprint density at radius 3 is 1.83 bits per heavy atom. The van der Waals surface area contributed by atoms with E-state index in [0.29, 0.717) is 0 Å². The van der Waals surface area contributed by atoms with Gasteiger partial charge in [0.05, 0.1) is 0 Å². The van der Waals surface area contributed by atoms with Crippen molar-refractivity contribution in [1.82, 2.24) is 9.97 Å². The number of hydrogen-bond donors (Lipinski definition) is 0. The highest BCUT2D eigenvalue weighted by molar-refractivity contribution is 5.67. The maximum Gasteiger partial charge on any atom is 0.159 e. The molecule has 0 amide bonds. The SMILES string of the molecule is CCCCCc1cnc(-c2ccc(-c3ccc(C)cc3)cc2)nc1. The summed E-state index contributed by atoms with van der Waals surface area (Å²) in [5.74, 6) is 0.796. The summed E-state index contributed by atoms with van der Waals surface area (Å²) in [7, 11) is 0. The second kappa shape index (κ2) is 7.87. The highest BCUT2D eigenvalue weighted by Gasteiger charge is 2.03. The van der Waals surface area contributed by atoms with Crippen LogP contribution in [0.15, 0.2) is 60.9 Å². The third-order valence-corrected chi connectivity index (χ3v) is 4.30. The fourth-order valence-corrected chi connectivity index (χ4v) is 2.77. The Morgan fingerprint density at radius 2 is 1.25 bits per heavy atom. The van der Waals surface area contributed by atoms with Crippen molar-refractivity contribution in [2.45, 2.75) is 39.5 Å². The van der Waals surface area contributed by atoms with E-state index in [0.717, 1.165) is 17.8 Å². The molecule has 0 bridgehead atoms. The first-order valence-corrected chi connectivity index (χ1v) is 8.74. The van der Waals surface area contributed by atoms with Crippen LogP contribution in [0.1, 0.15) is 37.3 Å². The van der Waals surface area contributed by atoms with Gasteiger partial charge in [0.25, 0.3) is 0 Å². The molecule has 0 atom stereocenters. The van der Waals surface area contributed by atoms with E-state index in [-0.39, 0.29) is 0 Å². The standard InChI is InChI=1S/C22H24N2/c1-3-4-5-6-18-15-23-22(24-16-18)21-13-11-20(12-14-21)19-9-7-17(2)8-10-19/h7-16H,3-6H2,1-2H3. The maximum atomic E-state index is 4.53. The van der Waals surface area contributed by atoms with Crippen molar-refractivity contribution in [3.05, 3.63) is 72.1 Å². The number of nitrogens with zero attached hydrogens (tertiary/aromatic N) is 2. The topological polar surface area (TPSA) is 25.8 Å². The van der Waals surface area contributed by atoms with Crippen LogP contribution in [0.4, 0.5) is 0 Å². The minimum absolute atomic E-state index is 0.796. The molecule has 0 spiro atoms. The molecular formula is C22H24N2. The van der Waals surface area contributed by atoms with E-state index in [4.69, 9.17) is 0 Å². The third kappa shape index (κ3) is 4.08. The molecule has 1 aromatic heterocycles. The first kappa shape index (κ1) is 16.4. The molecule has 3 rings (SSSR count). The van der Waals surface area contributed by atoms with E-state index in [1.54, 1.807) is 0 Å². The van der Waals surface area contributed by atoms with E-state index in [9.17, 15) is 0 Å². The summed E-state index contributed by atoms with van der Waals surface area (Å²) in [6, 6.07) is 17.1. The summed E-state index contributed by atoms with van der Waals surface area (Å²) in [4.78, 5) is 9.06. The Hall–Kier alpha value is -2.48. The summed E-state index contributed by atoms with van der Waals surface area (Å²) < 4.78 is 0. The van der Waals surface area contributed by atoms with Crippen molar-refractivity contribution in [1.29, 1.82) is 0 Å². The molecule has 0 radical (unpaired) electrons. The average Bonchev–Trinajstić information content (AvgIpc) is 2.63. The molecule has 2 nitrogen and oxygen atoms in total. The average molecular weight is 316 g/mol. The van der Waals surface area contributed by atoms with Crippen LogP contribution in [0, 0.1) is 6.92 Å². The smallest absolute Gasteiger partial charge is 0.159 e. The van der Waals surface area contributed by atoms with Gasteiger partial charge in [-0.2, -0.15) is 0 Å². The van der Waals surface area contributed by atoms with Crippen LogP contribution in [-0.2, 0) is 6.42 Å². The lowest BCUT2D eigenvalue weighted by atomic mass is 10.0. The van der Waals surface area contributed by atoms with Crippen molar-refractivity contribution in [2.75, 3.05) is 0 Å². The zero-order chi connectivity index (χ0) is 16.8. The Morgan fingerprint density at radius 1 is 0.708 bits per heavy atom. The van der Waals surface area contributed by atoms with E-state index in [1.165, 1.54) is 41.5 Å². The molecule has 1 heterocycles. The van der Waals surface area contributed by atoms with Gasteiger partial charge in [-0.25, -0.2) is 9.97 Å². The van der Waals surface area contributed by atoms with E-state index in [1.807, 2.05) is 12.4 Å². The van der Waals surface area contributed by atoms with Gasteiger partial charge in [0.1, 0.15) is 0 Å². The van der Waals surface area contributed by atoms with Gasteiger partial charge in [-0.15, -0.1) is 0 Å². The van der Waals surface area contributed by atoms with Gasteiger partial charge in [-0.1, -0.05) is 73.9 Å². The van der Waals surface area contributed by atoms with Crippen LogP contribution in [0.2, 0.25) is 0 Å². The van der Waals surface area contributed by atoms with Crippen LogP contribution in [-0.4, -0.2) is 9.97 Å². The number of aromatic nitrogens is 2. The first-order chi connectivity index (χ1) is 11.8. The van der Waals surface area contributed by atoms with E-state index >= 15 is 0 Å². The third-order valence-electron chi connectivity index (χ3n) is 4.30. The number of aryl methyl sites for hydroxylation is 2. The number of unbranched alkanes of at least 4 members (excludes halogenated alkanes) is 2. The van der Waals surface area contributed by atoms with Gasteiger partial charge in [-0.3, -0.25) is 0 Å². The molecule has 0 unspecified atom stereocenters. The summed E-state index contributed by atoms with van der Waals surface area (Å²) in [5.41, 5.74) is 6.02. The molecule has 0 aliphatic rings. The first-order valence-electron chi connectivity index (χ1n) is 8.74. The van der Waals surface area contributed by atoms with Crippen molar-refractivity contribution >= 4 is 0 Å². The molecule has 0 saturated carbocycles. The lowest BCUT2D eigenvalue weighted by molar-refractivity contribution is 0.714. The number of rotatable bonds is 6. The second-order valence-electron chi connectivity index (χ2n) is 6.32. The zero-order valence-electron chi connectivity index (χ0n) is 14.5. The molecule has 3 aromatic rings. The van der Waals surface area contributed by atoms with Gasteiger partial charge in [0, 0.05) is 18.0 Å². The number of benzene rings is 2. The molecule has 0 N–H and O–H groups in total. The predicted molar refractivity (Wildman–Crippen MR) is 101 cm³/mol. The van der Waals surface area contributed by atoms with Crippen molar-refractivity contribution in [3.8, 4) is 22.5 Å². The van der Waals surface area contributed by atoms with Gasteiger partial charge in [-0.05, 0) is 36.5 Å². The molecule has 2 heteroatoms. The van der Waals surface area contributed by atoms with Crippen LogP contribution < -0.4 is 0 Å². The summed E-state index contributed by atoms with van der Waals surface area (Å²) in [5, 5.41) is 0. The maximum absolute atomic E-state index is 4.53. The Bertz CT molecular complexity index is 757. The van der Waals surface area contributed by atoms with Crippen molar-refractivity contribution in [2.24, 2.45) is 0 Å². The van der Waals surface area contributed by atoms with Gasteiger partial charge >= 0.3 is 0 Å². The lowest BCUT2D eigenvalue weighted by Gasteiger charge is -2.05. The van der Waals surface area contributed by atoms with Crippen molar-refractivity contribution < 1.29 is 0 Å². The Kier molecular flexibility index (Phi) is 5.37. The number of hydrogen-bond acceptors (Lipinski definition) is 2. The van der Waals surface area contributed by atoms with E-state index in [2.05, 4.69) is 72.3 Å². The predicted octanol–water partition coefficient (Wildman–Crippen LogP) is 5.85. The molecule has 0 saturated heterocycles. The zero-order valence-corrected chi connectivity index (χ0v) is 14.5. The summed E-state index contributed by atoms with van der Waals surface area (Å²) in [6.45, 7) is 4.33. The highest BCUT2D eigenvalue weighted by Crippen LogP contribution is 2.23. The monoisotopic (exact) mass is 316 g/mol. The Balaban J connectivity index is 1.72. The van der Waals surface area contributed by atoms with E-state index < -0.39 is 0 Å². The normalized spacial score (nSPS) is 10.8. The molecule has 0 fully saturated rings. The van der Waals surface area contributed by atoms with Gasteiger partial charge < -0.3 is 0 Å². The molecule has 2 aromatic carbocycles. The lowest BCUT2D eigenvalue weighted by Crippen LogP contribution is -1.93. The molecule has 24 heavy (non-hydrogen) atoms. The van der Waals surface area contributed by atoms with Crippen LogP contribution >= 0.6 is 0 Å². The molecule has 122 valence electrons. The van der Waals surface area contributed by atoms with Gasteiger partial charge in [0.15, 0.2) is 5.82 Å². The summed E-state index contributed by atoms with van der Waals surface area (Å²) >= 11 is 0. The minimum atomic E-state index is 0.796. The van der Waals surface area contributed by atoms with Crippen LogP contribution in [0.25, 0.3) is 22.5 Å². The summed E-state index contributed by atoms with van der Waals surface area (Å²) in [6.07, 6.45) is 8.72. The largest absolute Gasteiger partial charge is 0.236 e.